The number of likely N-dealkylation sites (tertiary alicyclic amines) is 1. The number of carbonyl (C=O) groups excluding carboxylic acids is 1. The molecule has 6 heteroatoms. The Bertz CT molecular complexity index is 335. The molecule has 0 saturated carbocycles. The van der Waals surface area contributed by atoms with Crippen LogP contribution in [0.3, 0.4) is 0 Å². The first kappa shape index (κ1) is 9.82. The van der Waals surface area contributed by atoms with E-state index in [0.29, 0.717) is 12.8 Å². The summed E-state index contributed by atoms with van der Waals surface area (Å²) >= 11 is 0. The van der Waals surface area contributed by atoms with E-state index in [1.54, 1.807) is 9.91 Å². The van der Waals surface area contributed by atoms with Crippen LogP contribution in [-0.2, 0) is 4.79 Å². The van der Waals surface area contributed by atoms with Gasteiger partial charge < -0.3 is 5.84 Å². The summed E-state index contributed by atoms with van der Waals surface area (Å²) in [4.78, 5) is 13.3. The zero-order valence-corrected chi connectivity index (χ0v) is 8.73. The van der Waals surface area contributed by atoms with Gasteiger partial charge in [0.2, 0.25) is 5.91 Å². The van der Waals surface area contributed by atoms with Crippen LogP contribution in [0.1, 0.15) is 19.3 Å². The van der Waals surface area contributed by atoms with Crippen molar-refractivity contribution in [2.45, 2.75) is 19.3 Å². The monoisotopic (exact) mass is 209 g/mol. The molecular weight excluding hydrogens is 194 g/mol. The van der Waals surface area contributed by atoms with Gasteiger partial charge >= 0.3 is 0 Å². The highest BCUT2D eigenvalue weighted by atomic mass is 16.2. The Hall–Kier alpha value is -1.72. The lowest BCUT2D eigenvalue weighted by molar-refractivity contribution is -0.126. The molecular formula is C9H15N5O. The normalized spacial score (nSPS) is 24.5. The van der Waals surface area contributed by atoms with Gasteiger partial charge in [-0.25, -0.2) is 0 Å². The molecule has 0 unspecified atom stereocenters. The summed E-state index contributed by atoms with van der Waals surface area (Å²) in [6.07, 6.45) is 4.16. The van der Waals surface area contributed by atoms with Gasteiger partial charge in [-0.05, 0) is 12.5 Å². The summed E-state index contributed by atoms with van der Waals surface area (Å²) in [5.74, 6) is 6.99. The Balaban J connectivity index is 2.12. The molecule has 6 nitrogen and oxygen atoms in total. The van der Waals surface area contributed by atoms with Crippen LogP contribution in [0.15, 0.2) is 17.0 Å². The zero-order chi connectivity index (χ0) is 10.8. The Kier molecular flexibility index (Phi) is 2.49. The molecule has 0 aromatic rings. The maximum absolute atomic E-state index is 11.5. The minimum absolute atomic E-state index is 0.176. The molecule has 2 heterocycles. The van der Waals surface area contributed by atoms with E-state index in [0.717, 1.165) is 24.6 Å². The van der Waals surface area contributed by atoms with Crippen LogP contribution in [0.5, 0.6) is 0 Å². The molecule has 0 bridgehead atoms. The van der Waals surface area contributed by atoms with Gasteiger partial charge in [-0.2, -0.15) is 5.10 Å². The number of amides is 1. The van der Waals surface area contributed by atoms with Crippen molar-refractivity contribution in [3.63, 3.8) is 0 Å². The fraction of sp³-hybridized carbons (Fsp3) is 0.556. The second-order valence-corrected chi connectivity index (χ2v) is 3.66. The highest BCUT2D eigenvalue weighted by Gasteiger charge is 2.26. The minimum atomic E-state index is 0.176. The second kappa shape index (κ2) is 3.80. The summed E-state index contributed by atoms with van der Waals surface area (Å²) in [7, 11) is 1.83. The van der Waals surface area contributed by atoms with Crippen molar-refractivity contribution in [1.29, 1.82) is 0 Å². The molecule has 2 aliphatic heterocycles. The van der Waals surface area contributed by atoms with Crippen molar-refractivity contribution in [1.82, 2.24) is 15.3 Å². The number of hydrazone groups is 1. The Morgan fingerprint density at radius 2 is 2.40 bits per heavy atom. The minimum Gasteiger partial charge on any atom is -0.322 e. The molecule has 0 aliphatic carbocycles. The van der Waals surface area contributed by atoms with Crippen molar-refractivity contribution in [2.24, 2.45) is 10.9 Å². The number of nitrogens with two attached hydrogens (primary N) is 1. The molecule has 0 radical (unpaired) electrons. The van der Waals surface area contributed by atoms with E-state index in [4.69, 9.17) is 5.84 Å². The van der Waals surface area contributed by atoms with E-state index in [9.17, 15) is 4.79 Å². The first-order valence-electron chi connectivity index (χ1n) is 5.00. The third-order valence-electron chi connectivity index (χ3n) is 2.66. The van der Waals surface area contributed by atoms with Gasteiger partial charge in [-0.1, -0.05) is 0 Å². The smallest absolute Gasteiger partial charge is 0.228 e. The number of amidine groups is 1. The van der Waals surface area contributed by atoms with Crippen LogP contribution in [0.4, 0.5) is 0 Å². The van der Waals surface area contributed by atoms with Crippen LogP contribution in [0.25, 0.3) is 0 Å². The molecule has 0 aromatic carbocycles. The number of nitrogens with one attached hydrogen (secondary N) is 1. The van der Waals surface area contributed by atoms with E-state index in [1.165, 1.54) is 0 Å². The van der Waals surface area contributed by atoms with Crippen LogP contribution in [0.2, 0.25) is 0 Å². The summed E-state index contributed by atoms with van der Waals surface area (Å²) in [5, 5.41) is 5.38. The van der Waals surface area contributed by atoms with Gasteiger partial charge in [0, 0.05) is 26.4 Å². The maximum Gasteiger partial charge on any atom is 0.228 e. The Labute approximate surface area is 88.4 Å². The van der Waals surface area contributed by atoms with Gasteiger partial charge in [0.1, 0.15) is 11.7 Å². The van der Waals surface area contributed by atoms with Gasteiger partial charge in [0.15, 0.2) is 0 Å². The number of nitrogens with zero attached hydrogens (tertiary/aromatic N) is 3. The first-order valence-corrected chi connectivity index (χ1v) is 5.00. The Morgan fingerprint density at radius 3 is 2.93 bits per heavy atom. The van der Waals surface area contributed by atoms with E-state index in [-0.39, 0.29) is 5.91 Å². The van der Waals surface area contributed by atoms with Crippen molar-refractivity contribution in [2.75, 3.05) is 13.6 Å². The standard InChI is InChI=1S/C9H15N5O/c1-13-7(11-10)4-5-8(12-13)14-6-2-3-9(14)15/h5,12H,2-4,6,10H2,1H3. The molecule has 2 aliphatic rings. The number of hydrogen-bond donors (Lipinski definition) is 2. The van der Waals surface area contributed by atoms with E-state index in [1.807, 2.05) is 13.1 Å². The van der Waals surface area contributed by atoms with E-state index >= 15 is 0 Å². The quantitative estimate of drug-likeness (QED) is 0.453. The number of rotatable bonds is 1. The van der Waals surface area contributed by atoms with Crippen molar-refractivity contribution in [3.05, 3.63) is 11.9 Å². The van der Waals surface area contributed by atoms with Crippen molar-refractivity contribution < 1.29 is 4.79 Å². The summed E-state index contributed by atoms with van der Waals surface area (Å²) in [5.41, 5.74) is 3.08. The fourth-order valence-electron chi connectivity index (χ4n) is 1.82. The lowest BCUT2D eigenvalue weighted by Crippen LogP contribution is -2.47. The molecule has 0 atom stereocenters. The molecule has 2 rings (SSSR count). The number of hydrogen-bond acceptors (Lipinski definition) is 4. The topological polar surface area (TPSA) is 74.0 Å². The highest BCUT2D eigenvalue weighted by Crippen LogP contribution is 2.17. The predicted octanol–water partition coefficient (Wildman–Crippen LogP) is -0.437. The average Bonchev–Trinajstić information content (AvgIpc) is 2.64. The van der Waals surface area contributed by atoms with Crippen LogP contribution < -0.4 is 11.3 Å². The van der Waals surface area contributed by atoms with Gasteiger partial charge in [0.25, 0.3) is 0 Å². The summed E-state index contributed by atoms with van der Waals surface area (Å²) < 4.78 is 0. The van der Waals surface area contributed by atoms with Crippen molar-refractivity contribution >= 4 is 11.7 Å². The van der Waals surface area contributed by atoms with E-state index in [2.05, 4.69) is 10.5 Å². The third-order valence-corrected chi connectivity index (χ3v) is 2.66. The van der Waals surface area contributed by atoms with Gasteiger partial charge in [-0.15, -0.1) is 0 Å². The number of carbonyl (C=O) groups is 1. The predicted molar refractivity (Wildman–Crippen MR) is 56.2 cm³/mol. The lowest BCUT2D eigenvalue weighted by Gasteiger charge is -2.31. The summed E-state index contributed by atoms with van der Waals surface area (Å²) in [6, 6.07) is 0. The van der Waals surface area contributed by atoms with Crippen molar-refractivity contribution in [3.8, 4) is 0 Å². The third kappa shape index (κ3) is 1.74. The largest absolute Gasteiger partial charge is 0.322 e. The van der Waals surface area contributed by atoms with Gasteiger partial charge in [0.05, 0.1) is 0 Å². The number of hydrazine groups is 1. The fourth-order valence-corrected chi connectivity index (χ4v) is 1.82. The van der Waals surface area contributed by atoms with E-state index < -0.39 is 0 Å². The summed E-state index contributed by atoms with van der Waals surface area (Å²) in [6.45, 7) is 0.792. The molecule has 1 amide bonds. The maximum atomic E-state index is 11.5. The molecule has 0 aromatic heterocycles. The lowest BCUT2D eigenvalue weighted by atomic mass is 10.3. The molecule has 1 fully saturated rings. The zero-order valence-electron chi connectivity index (χ0n) is 8.73. The molecule has 0 spiro atoms. The molecule has 15 heavy (non-hydrogen) atoms. The van der Waals surface area contributed by atoms with Crippen LogP contribution in [0, 0.1) is 0 Å². The highest BCUT2D eigenvalue weighted by molar-refractivity contribution is 5.85. The molecule has 3 N–H and O–H groups in total. The van der Waals surface area contributed by atoms with Crippen LogP contribution in [-0.4, -0.2) is 35.2 Å². The first-order chi connectivity index (χ1) is 7.22. The second-order valence-electron chi connectivity index (χ2n) is 3.66. The average molecular weight is 209 g/mol. The molecule has 1 saturated heterocycles. The van der Waals surface area contributed by atoms with Crippen LogP contribution >= 0.6 is 0 Å². The molecule has 82 valence electrons. The SMILES string of the molecule is CN1NC(N2CCCC2=O)=CCC1=NN. The van der Waals surface area contributed by atoms with Gasteiger partial charge in [-0.3, -0.25) is 20.1 Å². The Morgan fingerprint density at radius 1 is 1.60 bits per heavy atom.